The van der Waals surface area contributed by atoms with Gasteiger partial charge in [0.2, 0.25) is 0 Å². The fourth-order valence-electron chi connectivity index (χ4n) is 8.32. The highest BCUT2D eigenvalue weighted by Crippen LogP contribution is 2.49. The number of pyridine rings is 1. The summed E-state index contributed by atoms with van der Waals surface area (Å²) in [6.45, 7) is 4.17. The van der Waals surface area contributed by atoms with Gasteiger partial charge in [-0.1, -0.05) is 164 Å². The lowest BCUT2D eigenvalue weighted by Gasteiger charge is -2.26. The molecule has 0 aliphatic heterocycles. The molecule has 6 aromatic carbocycles. The van der Waals surface area contributed by atoms with E-state index in [0.29, 0.717) is 0 Å². The number of nitrogens with zero attached hydrogens (tertiary/aromatic N) is 2. The zero-order valence-corrected chi connectivity index (χ0v) is 31.4. The van der Waals surface area contributed by atoms with Crippen molar-refractivity contribution in [1.29, 1.82) is 0 Å². The van der Waals surface area contributed by atoms with E-state index in [-0.39, 0.29) is 0 Å². The molecule has 2 nitrogen and oxygen atoms in total. The highest BCUT2D eigenvalue weighted by molar-refractivity contribution is 7.77. The summed E-state index contributed by atoms with van der Waals surface area (Å²) >= 11 is 0. The second-order valence-electron chi connectivity index (χ2n) is 13.6. The van der Waals surface area contributed by atoms with E-state index in [9.17, 15) is 0 Å². The highest BCUT2D eigenvalue weighted by atomic mass is 31.1. The number of imidazole rings is 1. The molecule has 0 fully saturated rings. The van der Waals surface area contributed by atoms with Crippen molar-refractivity contribution < 1.29 is 0 Å². The van der Waals surface area contributed by atoms with Crippen LogP contribution in [0.1, 0.15) is 32.3 Å². The second kappa shape index (κ2) is 14.3. The summed E-state index contributed by atoms with van der Waals surface area (Å²) in [4.78, 5) is 5.31. The van der Waals surface area contributed by atoms with Crippen LogP contribution in [0.2, 0.25) is 0 Å². The van der Waals surface area contributed by atoms with Crippen LogP contribution in [0.25, 0.3) is 79.2 Å². The summed E-state index contributed by atoms with van der Waals surface area (Å²) in [6.07, 6.45) is 28.1. The third-order valence-electron chi connectivity index (χ3n) is 10.6. The van der Waals surface area contributed by atoms with E-state index in [1.807, 2.05) is 6.08 Å². The van der Waals surface area contributed by atoms with Crippen molar-refractivity contribution in [2.24, 2.45) is 0 Å². The first-order chi connectivity index (χ1) is 26.7. The number of hydrogen-bond acceptors (Lipinski definition) is 1. The van der Waals surface area contributed by atoms with Crippen LogP contribution in [0.5, 0.6) is 0 Å². The maximum Gasteiger partial charge on any atom is 0.147 e. The normalized spacial score (nSPS) is 15.4. The third-order valence-corrected chi connectivity index (χ3v) is 13.2. The van der Waals surface area contributed by atoms with Crippen LogP contribution < -0.4 is 31.7 Å². The van der Waals surface area contributed by atoms with Crippen molar-refractivity contribution in [3.8, 4) is 12.3 Å². The third kappa shape index (κ3) is 5.52. The molecule has 0 spiro atoms. The van der Waals surface area contributed by atoms with Crippen LogP contribution in [0, 0.1) is 12.3 Å². The monoisotopic (exact) mass is 710 g/mol. The predicted octanol–water partition coefficient (Wildman–Crippen LogP) is 9.12. The lowest BCUT2D eigenvalue weighted by molar-refractivity contribution is 1.03. The van der Waals surface area contributed by atoms with Gasteiger partial charge in [0.05, 0.1) is 16.2 Å². The molecule has 1 atom stereocenters. The maximum absolute atomic E-state index is 5.94. The SMILES string of the molecule is C#C/C=c1\c(=C/C)c2ccc3ccccc3c2n2c(=C/C)/c(=C\C=C\c3c4ccccc4c(P(C4=CCCC=C4)c4ccccc4)c4ccccc34)nc12. The van der Waals surface area contributed by atoms with Crippen molar-refractivity contribution in [3.63, 3.8) is 0 Å². The number of rotatable bonds is 5. The first-order valence-electron chi connectivity index (χ1n) is 18.7. The van der Waals surface area contributed by atoms with Gasteiger partial charge >= 0.3 is 0 Å². The second-order valence-corrected chi connectivity index (χ2v) is 15.7. The van der Waals surface area contributed by atoms with Crippen LogP contribution >= 0.6 is 7.92 Å². The lowest BCUT2D eigenvalue weighted by Crippen LogP contribution is -2.31. The van der Waals surface area contributed by atoms with Crippen molar-refractivity contribution >= 4 is 97.8 Å². The van der Waals surface area contributed by atoms with Crippen LogP contribution in [0.3, 0.4) is 0 Å². The van der Waals surface area contributed by atoms with Gasteiger partial charge in [0, 0.05) is 21.3 Å². The van der Waals surface area contributed by atoms with E-state index in [4.69, 9.17) is 11.4 Å². The Morgan fingerprint density at radius 3 is 2.06 bits per heavy atom. The summed E-state index contributed by atoms with van der Waals surface area (Å²) in [5.74, 6) is 2.80. The van der Waals surface area contributed by atoms with E-state index in [2.05, 4.69) is 188 Å². The number of allylic oxidation sites excluding steroid dienone is 5. The molecule has 0 amide bonds. The minimum Gasteiger partial charge on any atom is -0.291 e. The Hall–Kier alpha value is -6.26. The van der Waals surface area contributed by atoms with Gasteiger partial charge in [-0.25, -0.2) is 4.98 Å². The molecule has 1 aliphatic carbocycles. The largest absolute Gasteiger partial charge is 0.291 e. The van der Waals surface area contributed by atoms with Crippen LogP contribution in [0.15, 0.2) is 145 Å². The quantitative estimate of drug-likeness (QED) is 0.0754. The molecular weight excluding hydrogens is 672 g/mol. The summed E-state index contributed by atoms with van der Waals surface area (Å²) < 4.78 is 2.30. The smallest absolute Gasteiger partial charge is 0.147 e. The molecule has 2 aromatic heterocycles. The standard InChI is InChI=1S/C51H39N2P/c1-4-20-46-38(5-2)43-34-33-35-21-13-14-26-39(35)49(43)53-48(6-3)47(52-51(46)53)32-19-31-40-41-27-15-17-29-44(41)50(45-30-18-16-28-42(40)45)54(36-22-9-7-10-23-36)37-24-11-8-12-25-37/h1,5-7,9-11,13-34H,8,12H2,2-3H3/b31-19+,38-5-,46-20+,47-32+,48-6+. The molecule has 3 heteroatoms. The Balaban J connectivity index is 1.31. The Kier molecular flexibility index (Phi) is 8.88. The summed E-state index contributed by atoms with van der Waals surface area (Å²) in [6, 6.07) is 42.0. The molecule has 258 valence electrons. The number of hydrogen-bond donors (Lipinski definition) is 0. The van der Waals surface area contributed by atoms with Gasteiger partial charge in [0.1, 0.15) is 5.65 Å². The van der Waals surface area contributed by atoms with E-state index in [1.165, 1.54) is 53.8 Å². The van der Waals surface area contributed by atoms with Gasteiger partial charge in [-0.3, -0.25) is 4.40 Å². The molecule has 0 radical (unpaired) electrons. The number of terminal acetylenes is 1. The van der Waals surface area contributed by atoms with Crippen molar-refractivity contribution in [3.05, 3.63) is 172 Å². The topological polar surface area (TPSA) is 17.3 Å². The van der Waals surface area contributed by atoms with Gasteiger partial charge in [0.15, 0.2) is 0 Å². The lowest BCUT2D eigenvalue weighted by atomic mass is 9.96. The molecule has 2 heterocycles. The summed E-state index contributed by atoms with van der Waals surface area (Å²) in [7, 11) is -0.781. The fourth-order valence-corrected chi connectivity index (χ4v) is 11.0. The molecule has 0 N–H and O–H groups in total. The molecule has 8 aromatic rings. The first-order valence-corrected chi connectivity index (χ1v) is 20.0. The molecule has 1 unspecified atom stereocenters. The van der Waals surface area contributed by atoms with Gasteiger partial charge in [-0.2, -0.15) is 0 Å². The Morgan fingerprint density at radius 1 is 0.704 bits per heavy atom. The minimum atomic E-state index is -0.781. The highest BCUT2D eigenvalue weighted by Gasteiger charge is 2.24. The van der Waals surface area contributed by atoms with Crippen molar-refractivity contribution in [2.75, 3.05) is 0 Å². The van der Waals surface area contributed by atoms with Gasteiger partial charge in [-0.05, 0) is 95.1 Å². The minimum absolute atomic E-state index is 0.781. The van der Waals surface area contributed by atoms with Crippen LogP contribution in [-0.2, 0) is 0 Å². The number of benzene rings is 6. The maximum atomic E-state index is 5.94. The first kappa shape index (κ1) is 33.6. The molecule has 0 saturated carbocycles. The fraction of sp³-hybridized carbons (Fsp3) is 0.0784. The number of aromatic nitrogens is 2. The van der Waals surface area contributed by atoms with Crippen molar-refractivity contribution in [1.82, 2.24) is 9.38 Å². The summed E-state index contributed by atoms with van der Waals surface area (Å²) in [5, 5.41) is 16.9. The Labute approximate surface area is 316 Å². The van der Waals surface area contributed by atoms with Crippen LogP contribution in [0.4, 0.5) is 0 Å². The average Bonchev–Trinajstić information content (AvgIpc) is 3.60. The Bertz CT molecular complexity index is 3130. The van der Waals surface area contributed by atoms with E-state index in [1.54, 1.807) is 0 Å². The predicted molar refractivity (Wildman–Crippen MR) is 236 cm³/mol. The molecule has 54 heavy (non-hydrogen) atoms. The molecule has 0 saturated heterocycles. The van der Waals surface area contributed by atoms with Crippen LogP contribution in [-0.4, -0.2) is 9.38 Å². The average molecular weight is 711 g/mol. The molecule has 9 rings (SSSR count). The molecule has 0 bridgehead atoms. The van der Waals surface area contributed by atoms with E-state index >= 15 is 0 Å². The Morgan fingerprint density at radius 2 is 1.39 bits per heavy atom. The van der Waals surface area contributed by atoms with E-state index in [0.717, 1.165) is 50.5 Å². The summed E-state index contributed by atoms with van der Waals surface area (Å²) in [5.41, 5.74) is 3.21. The number of fused-ring (bicyclic) bond motifs is 7. The molecular formula is C51H39N2P. The van der Waals surface area contributed by atoms with Gasteiger partial charge < -0.3 is 0 Å². The zero-order valence-electron chi connectivity index (χ0n) is 30.5. The van der Waals surface area contributed by atoms with E-state index < -0.39 is 7.92 Å². The van der Waals surface area contributed by atoms with Gasteiger partial charge in [0.25, 0.3) is 0 Å². The van der Waals surface area contributed by atoms with Crippen molar-refractivity contribution in [2.45, 2.75) is 26.7 Å². The molecule has 1 aliphatic rings. The van der Waals surface area contributed by atoms with Gasteiger partial charge in [-0.15, -0.1) is 6.42 Å². The zero-order chi connectivity index (χ0) is 36.6.